The van der Waals surface area contributed by atoms with Gasteiger partial charge in [-0.2, -0.15) is 0 Å². The van der Waals surface area contributed by atoms with Crippen molar-refractivity contribution in [1.29, 1.82) is 0 Å². The zero-order valence-electron chi connectivity index (χ0n) is 3.87. The van der Waals surface area contributed by atoms with Gasteiger partial charge in [-0.3, -0.25) is 0 Å². The van der Waals surface area contributed by atoms with E-state index in [9.17, 15) is 0 Å². The van der Waals surface area contributed by atoms with Crippen LogP contribution in [0.25, 0.3) is 10.4 Å². The number of hydrogen-bond acceptors (Lipinski definition) is 3. The van der Waals surface area contributed by atoms with Crippen molar-refractivity contribution in [1.82, 2.24) is 0 Å². The highest BCUT2D eigenvalue weighted by Gasteiger charge is 1.72. The Bertz CT molecular complexity index is 79.0. The lowest BCUT2D eigenvalue weighted by Crippen LogP contribution is -1.70. The summed E-state index contributed by atoms with van der Waals surface area (Å²) in [5, 5.41) is 0. The number of azide groups is 1. The summed E-state index contributed by atoms with van der Waals surface area (Å²) in [6.45, 7) is 2.38. The van der Waals surface area contributed by atoms with Crippen molar-refractivity contribution < 1.29 is 4.18 Å². The molecule has 0 aromatic heterocycles. The maximum absolute atomic E-state index is 7.65. The topological polar surface area (TPSA) is 58.0 Å². The van der Waals surface area contributed by atoms with Gasteiger partial charge in [0, 0.05) is 4.91 Å². The lowest BCUT2D eigenvalue weighted by Gasteiger charge is -1.84. The van der Waals surface area contributed by atoms with Gasteiger partial charge in [0.25, 0.3) is 0 Å². The molecule has 7 heavy (non-hydrogen) atoms. The highest BCUT2D eigenvalue weighted by molar-refractivity contribution is 7.93. The highest BCUT2D eigenvalue weighted by atomic mass is 32.2. The summed E-state index contributed by atoms with van der Waals surface area (Å²) in [4.78, 5) is 2.44. The van der Waals surface area contributed by atoms with Crippen LogP contribution in [-0.4, -0.2) is 6.61 Å². The molecule has 0 saturated carbocycles. The summed E-state index contributed by atoms with van der Waals surface area (Å²) in [5.74, 6) is 0. The fourth-order valence-electron chi connectivity index (χ4n) is 0.0912. The molecule has 0 heterocycles. The predicted molar refractivity (Wildman–Crippen MR) is 28.4 cm³/mol. The third-order valence-corrected chi connectivity index (χ3v) is 0.721. The van der Waals surface area contributed by atoms with Crippen molar-refractivity contribution in [3.8, 4) is 0 Å². The van der Waals surface area contributed by atoms with Crippen LogP contribution in [0.2, 0.25) is 0 Å². The summed E-state index contributed by atoms with van der Waals surface area (Å²) < 4.78 is 7.61. The van der Waals surface area contributed by atoms with Gasteiger partial charge in [0.2, 0.25) is 0 Å². The smallest absolute Gasteiger partial charge is 0.0900 e. The lowest BCUT2D eigenvalue weighted by atomic mass is 10.9. The Balaban J connectivity index is 2.83. The molecule has 0 aromatic rings. The van der Waals surface area contributed by atoms with E-state index >= 15 is 0 Å². The van der Waals surface area contributed by atoms with E-state index in [-0.39, 0.29) is 0 Å². The van der Waals surface area contributed by atoms with Crippen LogP contribution in [0.5, 0.6) is 0 Å². The second-order valence-corrected chi connectivity index (χ2v) is 1.20. The quantitative estimate of drug-likeness (QED) is 0.142. The van der Waals surface area contributed by atoms with E-state index < -0.39 is 0 Å². The number of nitrogens with zero attached hydrogens (tertiary/aromatic N) is 3. The first-order valence-corrected chi connectivity index (χ1v) is 2.44. The van der Waals surface area contributed by atoms with Crippen LogP contribution in [0.4, 0.5) is 0 Å². The molecule has 0 N–H and O–H groups in total. The molecular formula is C2H5N3OS. The van der Waals surface area contributed by atoms with Gasteiger partial charge in [-0.1, -0.05) is 0 Å². The van der Waals surface area contributed by atoms with Gasteiger partial charge >= 0.3 is 0 Å². The predicted octanol–water partition coefficient (Wildman–Crippen LogP) is 1.90. The van der Waals surface area contributed by atoms with Crippen LogP contribution < -0.4 is 0 Å². The van der Waals surface area contributed by atoms with Gasteiger partial charge in [0.1, 0.15) is 0 Å². The minimum atomic E-state index is 0.559. The third kappa shape index (κ3) is 5.62. The average Bonchev–Trinajstić information content (AvgIpc) is 1.69. The van der Waals surface area contributed by atoms with E-state index in [0.717, 1.165) is 12.2 Å². The first-order valence-electron chi connectivity index (χ1n) is 1.75. The zero-order valence-corrected chi connectivity index (χ0v) is 4.68. The van der Waals surface area contributed by atoms with E-state index in [0.29, 0.717) is 6.61 Å². The Labute approximate surface area is 45.8 Å². The van der Waals surface area contributed by atoms with Crippen LogP contribution in [-0.2, 0) is 4.18 Å². The molecule has 0 amide bonds. The maximum atomic E-state index is 7.65. The first-order chi connectivity index (χ1) is 3.41. The van der Waals surface area contributed by atoms with E-state index in [1.54, 1.807) is 0 Å². The molecule has 0 fully saturated rings. The van der Waals surface area contributed by atoms with Gasteiger partial charge in [-0.15, -0.1) is 0 Å². The molecule has 0 aliphatic carbocycles. The molecule has 0 aliphatic rings. The molecule has 0 rings (SSSR count). The van der Waals surface area contributed by atoms with Crippen molar-refractivity contribution in [3.63, 3.8) is 0 Å². The Morgan fingerprint density at radius 1 is 2.00 bits per heavy atom. The molecule has 0 bridgehead atoms. The van der Waals surface area contributed by atoms with Gasteiger partial charge < -0.3 is 4.18 Å². The first kappa shape index (κ1) is 6.62. The molecular weight excluding hydrogens is 114 g/mol. The SMILES string of the molecule is CCOSN=[N+]=[N-]. The van der Waals surface area contributed by atoms with Crippen molar-refractivity contribution >= 4 is 12.2 Å². The van der Waals surface area contributed by atoms with E-state index in [1.165, 1.54) is 0 Å². The molecule has 0 aliphatic heterocycles. The van der Waals surface area contributed by atoms with Gasteiger partial charge in [-0.25, -0.2) is 0 Å². The normalized spacial score (nSPS) is 7.57. The van der Waals surface area contributed by atoms with Gasteiger partial charge in [0.15, 0.2) is 0 Å². The summed E-state index contributed by atoms with van der Waals surface area (Å²) in [7, 11) is 0. The molecule has 0 radical (unpaired) electrons. The van der Waals surface area contributed by atoms with Crippen LogP contribution in [0, 0.1) is 0 Å². The Morgan fingerprint density at radius 3 is 3.14 bits per heavy atom. The van der Waals surface area contributed by atoms with Crippen molar-refractivity contribution in [2.45, 2.75) is 6.92 Å². The van der Waals surface area contributed by atoms with E-state index in [1.807, 2.05) is 6.92 Å². The van der Waals surface area contributed by atoms with Crippen molar-refractivity contribution in [2.75, 3.05) is 6.61 Å². The second-order valence-electron chi connectivity index (χ2n) is 0.652. The molecule has 0 aromatic carbocycles. The number of hydrogen-bond donors (Lipinski definition) is 0. The van der Waals surface area contributed by atoms with Crippen LogP contribution in [0.1, 0.15) is 6.92 Å². The molecule has 0 spiro atoms. The minimum absolute atomic E-state index is 0.559. The average molecular weight is 119 g/mol. The van der Waals surface area contributed by atoms with Crippen molar-refractivity contribution in [3.05, 3.63) is 10.4 Å². The third-order valence-electron chi connectivity index (χ3n) is 0.240. The summed E-state index contributed by atoms with van der Waals surface area (Å²) in [6.07, 6.45) is 0. The highest BCUT2D eigenvalue weighted by Crippen LogP contribution is 2.01. The monoisotopic (exact) mass is 119 g/mol. The largest absolute Gasteiger partial charge is 0.309 e. The number of rotatable bonds is 3. The van der Waals surface area contributed by atoms with Crippen molar-refractivity contribution in [2.24, 2.45) is 4.52 Å². The lowest BCUT2D eigenvalue weighted by molar-refractivity contribution is 0.402. The Morgan fingerprint density at radius 2 is 2.71 bits per heavy atom. The standard InChI is InChI=1S/C2H5N3OS/c1-2-6-7-5-4-3/h2H2,1H3. The molecule has 40 valence electrons. The van der Waals surface area contributed by atoms with Crippen LogP contribution >= 0.6 is 12.2 Å². The molecule has 0 unspecified atom stereocenters. The molecule has 4 nitrogen and oxygen atoms in total. The Kier molecular flexibility index (Phi) is 5.31. The molecule has 0 atom stereocenters. The van der Waals surface area contributed by atoms with Crippen LogP contribution in [0.3, 0.4) is 0 Å². The van der Waals surface area contributed by atoms with E-state index in [2.05, 4.69) is 13.6 Å². The molecule has 0 saturated heterocycles. The zero-order chi connectivity index (χ0) is 5.54. The summed E-state index contributed by atoms with van der Waals surface area (Å²) in [6, 6.07) is 0. The summed E-state index contributed by atoms with van der Waals surface area (Å²) >= 11 is 0.762. The fourth-order valence-corrected chi connectivity index (χ4v) is 0.274. The maximum Gasteiger partial charge on any atom is 0.0900 e. The minimum Gasteiger partial charge on any atom is -0.309 e. The van der Waals surface area contributed by atoms with Gasteiger partial charge in [-0.05, 0) is 17.0 Å². The fraction of sp³-hybridized carbons (Fsp3) is 1.00. The second kappa shape index (κ2) is 5.62. The van der Waals surface area contributed by atoms with Gasteiger partial charge in [0.05, 0.1) is 18.8 Å². The van der Waals surface area contributed by atoms with E-state index in [4.69, 9.17) is 5.53 Å². The summed E-state index contributed by atoms with van der Waals surface area (Å²) in [5.41, 5.74) is 7.65. The van der Waals surface area contributed by atoms with Crippen LogP contribution in [0.15, 0.2) is 4.52 Å². The molecule has 5 heteroatoms. The Hall–Kier alpha value is -0.380.